The molecule has 2 heterocycles. The number of primary amides is 1. The van der Waals surface area contributed by atoms with Crippen LogP contribution < -0.4 is 26.4 Å². The monoisotopic (exact) mass is 551 g/mol. The molecule has 1 aliphatic rings. The van der Waals surface area contributed by atoms with E-state index in [9.17, 15) is 14.4 Å². The first-order valence-corrected chi connectivity index (χ1v) is 13.7. The van der Waals surface area contributed by atoms with E-state index in [0.717, 1.165) is 29.9 Å². The summed E-state index contributed by atoms with van der Waals surface area (Å²) in [5.41, 5.74) is 13.3. The van der Waals surface area contributed by atoms with Crippen LogP contribution in [0.25, 0.3) is 0 Å². The SMILES string of the molecule is CCOc1ccc([C@H](C(=O)NC[C@H]2CCCO2)N(C(=O)c2snc(C(N)=O)c2N)c2ccccc2CC)cc1. The fourth-order valence-corrected chi connectivity index (χ4v) is 5.34. The highest BCUT2D eigenvalue weighted by atomic mass is 32.1. The molecule has 11 heteroatoms. The van der Waals surface area contributed by atoms with E-state index in [1.165, 1.54) is 4.90 Å². The molecule has 0 aliphatic carbocycles. The minimum atomic E-state index is -1.07. The molecule has 0 radical (unpaired) electrons. The predicted molar refractivity (Wildman–Crippen MR) is 150 cm³/mol. The summed E-state index contributed by atoms with van der Waals surface area (Å²) in [5.74, 6) is -1.14. The number of rotatable bonds is 11. The summed E-state index contributed by atoms with van der Waals surface area (Å²) in [6, 6.07) is 13.4. The third kappa shape index (κ3) is 6.21. The van der Waals surface area contributed by atoms with E-state index >= 15 is 0 Å². The Morgan fingerprint density at radius 1 is 1.18 bits per heavy atom. The third-order valence-corrected chi connectivity index (χ3v) is 7.40. The van der Waals surface area contributed by atoms with Crippen molar-refractivity contribution in [3.63, 3.8) is 0 Å². The zero-order valence-corrected chi connectivity index (χ0v) is 22.8. The van der Waals surface area contributed by atoms with Gasteiger partial charge in [-0.1, -0.05) is 37.3 Å². The topological polar surface area (TPSA) is 150 Å². The number of nitrogens with two attached hydrogens (primary N) is 2. The van der Waals surface area contributed by atoms with Crippen LogP contribution in [0.4, 0.5) is 11.4 Å². The summed E-state index contributed by atoms with van der Waals surface area (Å²) in [6.07, 6.45) is 2.31. The molecule has 1 aliphatic heterocycles. The van der Waals surface area contributed by atoms with Gasteiger partial charge in [-0.05, 0) is 67.0 Å². The van der Waals surface area contributed by atoms with Gasteiger partial charge in [-0.15, -0.1) is 0 Å². The van der Waals surface area contributed by atoms with E-state index in [-0.39, 0.29) is 28.3 Å². The molecular weight excluding hydrogens is 518 g/mol. The maximum absolute atomic E-state index is 14.3. The van der Waals surface area contributed by atoms with Crippen LogP contribution in [0.3, 0.4) is 0 Å². The summed E-state index contributed by atoms with van der Waals surface area (Å²) >= 11 is 0.777. The molecule has 39 heavy (non-hydrogen) atoms. The van der Waals surface area contributed by atoms with E-state index in [4.69, 9.17) is 20.9 Å². The second kappa shape index (κ2) is 12.7. The van der Waals surface area contributed by atoms with Crippen molar-refractivity contribution in [2.45, 2.75) is 45.3 Å². The first-order valence-electron chi connectivity index (χ1n) is 12.9. The number of para-hydroxylation sites is 1. The number of hydrogen-bond acceptors (Lipinski definition) is 8. The second-order valence-electron chi connectivity index (χ2n) is 9.08. The molecule has 0 bridgehead atoms. The average molecular weight is 552 g/mol. The normalized spacial score (nSPS) is 15.5. The van der Waals surface area contributed by atoms with E-state index < -0.39 is 17.9 Å². The molecule has 5 N–H and O–H groups in total. The Morgan fingerprint density at radius 2 is 1.92 bits per heavy atom. The molecule has 1 fully saturated rings. The zero-order chi connectivity index (χ0) is 27.9. The van der Waals surface area contributed by atoms with Crippen LogP contribution >= 0.6 is 11.5 Å². The standard InChI is InChI=1S/C28H33N5O5S/c1-3-17-8-5-6-10-21(17)33(28(36)25-22(29)23(26(30)34)32-39-25)24(18-11-13-19(14-12-18)37-4-2)27(35)31-16-20-9-7-15-38-20/h5-6,8,10-14,20,24H,3-4,7,9,15-16,29H2,1-2H3,(H2,30,34)(H,31,35)/t20-,24-/m1/s1. The van der Waals surface area contributed by atoms with Crippen LogP contribution in [-0.4, -0.2) is 48.0 Å². The quantitative estimate of drug-likeness (QED) is 0.330. The van der Waals surface area contributed by atoms with E-state index in [1.807, 2.05) is 26.0 Å². The van der Waals surface area contributed by atoms with Crippen LogP contribution in [0.2, 0.25) is 0 Å². The lowest BCUT2D eigenvalue weighted by atomic mass is 10.00. The van der Waals surface area contributed by atoms with Crippen molar-refractivity contribution in [2.24, 2.45) is 5.73 Å². The van der Waals surface area contributed by atoms with Gasteiger partial charge >= 0.3 is 0 Å². The molecular formula is C28H33N5O5S. The molecule has 2 atom stereocenters. The largest absolute Gasteiger partial charge is 0.494 e. The third-order valence-electron chi connectivity index (χ3n) is 6.55. The van der Waals surface area contributed by atoms with Crippen molar-refractivity contribution in [3.8, 4) is 5.75 Å². The van der Waals surface area contributed by atoms with Crippen molar-refractivity contribution < 1.29 is 23.9 Å². The highest BCUT2D eigenvalue weighted by Crippen LogP contribution is 2.35. The molecule has 0 spiro atoms. The van der Waals surface area contributed by atoms with Crippen LogP contribution in [-0.2, 0) is 16.0 Å². The zero-order valence-electron chi connectivity index (χ0n) is 22.0. The number of anilines is 2. The fraction of sp³-hybridized carbons (Fsp3) is 0.357. The maximum atomic E-state index is 14.3. The number of ether oxygens (including phenoxy) is 2. The number of aryl methyl sites for hydroxylation is 1. The Morgan fingerprint density at radius 3 is 2.54 bits per heavy atom. The van der Waals surface area contributed by atoms with Gasteiger partial charge in [-0.25, -0.2) is 0 Å². The number of carbonyl (C=O) groups excluding carboxylic acids is 3. The van der Waals surface area contributed by atoms with Crippen LogP contribution in [0, 0.1) is 0 Å². The molecule has 3 aromatic rings. The van der Waals surface area contributed by atoms with Gasteiger partial charge in [-0.2, -0.15) is 4.37 Å². The molecule has 206 valence electrons. The van der Waals surface area contributed by atoms with Gasteiger partial charge in [0.1, 0.15) is 16.7 Å². The number of carbonyl (C=O) groups is 3. The van der Waals surface area contributed by atoms with Gasteiger partial charge < -0.3 is 26.3 Å². The Balaban J connectivity index is 1.84. The lowest BCUT2D eigenvalue weighted by molar-refractivity contribution is -0.123. The first kappa shape index (κ1) is 28.1. The Bertz CT molecular complexity index is 1320. The minimum Gasteiger partial charge on any atom is -0.494 e. The fourth-order valence-electron chi connectivity index (χ4n) is 4.60. The van der Waals surface area contributed by atoms with Crippen molar-refractivity contribution >= 4 is 40.6 Å². The number of aromatic nitrogens is 1. The van der Waals surface area contributed by atoms with Gasteiger partial charge in [0.2, 0.25) is 5.91 Å². The van der Waals surface area contributed by atoms with E-state index in [1.54, 1.807) is 36.4 Å². The van der Waals surface area contributed by atoms with Crippen molar-refractivity contribution in [1.82, 2.24) is 9.69 Å². The van der Waals surface area contributed by atoms with E-state index in [0.29, 0.717) is 43.2 Å². The van der Waals surface area contributed by atoms with Gasteiger partial charge in [0.05, 0.1) is 18.4 Å². The first-order chi connectivity index (χ1) is 18.8. The number of benzene rings is 2. The average Bonchev–Trinajstić information content (AvgIpc) is 3.60. The lowest BCUT2D eigenvalue weighted by Crippen LogP contribution is -2.46. The molecule has 0 unspecified atom stereocenters. The molecule has 2 aromatic carbocycles. The van der Waals surface area contributed by atoms with Gasteiger partial charge in [0, 0.05) is 18.8 Å². The molecule has 1 aromatic heterocycles. The lowest BCUT2D eigenvalue weighted by Gasteiger charge is -2.33. The molecule has 1 saturated heterocycles. The van der Waals surface area contributed by atoms with Gasteiger partial charge in [0.25, 0.3) is 11.8 Å². The Labute approximate surface area is 231 Å². The molecule has 0 saturated carbocycles. The summed E-state index contributed by atoms with van der Waals surface area (Å²) in [6.45, 7) is 5.32. The summed E-state index contributed by atoms with van der Waals surface area (Å²) in [5, 5.41) is 2.99. The van der Waals surface area contributed by atoms with Gasteiger partial charge in [-0.3, -0.25) is 19.3 Å². The number of nitrogen functional groups attached to an aromatic ring is 1. The maximum Gasteiger partial charge on any atom is 0.273 e. The highest BCUT2D eigenvalue weighted by Gasteiger charge is 2.37. The van der Waals surface area contributed by atoms with Gasteiger partial charge in [0.15, 0.2) is 5.69 Å². The van der Waals surface area contributed by atoms with Crippen LogP contribution in [0.1, 0.15) is 64.0 Å². The Kier molecular flexibility index (Phi) is 9.15. The molecule has 3 amide bonds. The molecule has 4 rings (SSSR count). The summed E-state index contributed by atoms with van der Waals surface area (Å²) < 4.78 is 15.3. The second-order valence-corrected chi connectivity index (χ2v) is 9.85. The van der Waals surface area contributed by atoms with Crippen molar-refractivity contribution in [2.75, 3.05) is 30.4 Å². The van der Waals surface area contributed by atoms with E-state index in [2.05, 4.69) is 9.69 Å². The van der Waals surface area contributed by atoms with Crippen molar-refractivity contribution in [1.29, 1.82) is 0 Å². The molecule has 10 nitrogen and oxygen atoms in total. The summed E-state index contributed by atoms with van der Waals surface area (Å²) in [7, 11) is 0. The number of hydrogen-bond donors (Lipinski definition) is 3. The summed E-state index contributed by atoms with van der Waals surface area (Å²) in [4.78, 5) is 41.5. The van der Waals surface area contributed by atoms with Crippen LogP contribution in [0.5, 0.6) is 5.75 Å². The van der Waals surface area contributed by atoms with Crippen LogP contribution in [0.15, 0.2) is 48.5 Å². The predicted octanol–water partition coefficient (Wildman–Crippen LogP) is 3.47. The smallest absolute Gasteiger partial charge is 0.273 e. The number of amides is 3. The minimum absolute atomic E-state index is 0.0255. The number of nitrogens with one attached hydrogen (secondary N) is 1. The number of nitrogens with zero attached hydrogens (tertiary/aromatic N) is 2. The Hall–Kier alpha value is -3.96. The van der Waals surface area contributed by atoms with Crippen molar-refractivity contribution in [3.05, 3.63) is 70.2 Å². The highest BCUT2D eigenvalue weighted by molar-refractivity contribution is 7.09.